The number of phenols is 1. The number of fused-ring (bicyclic) bond motifs is 4. The number of phenolic OH excluding ortho intramolecular Hbond substituents is 1. The Morgan fingerprint density at radius 2 is 1.95 bits per heavy atom. The Morgan fingerprint density at radius 3 is 2.71 bits per heavy atom. The highest BCUT2D eigenvalue weighted by molar-refractivity contribution is 6.19. The van der Waals surface area contributed by atoms with Crippen molar-refractivity contribution in [2.24, 2.45) is 0 Å². The van der Waals surface area contributed by atoms with Gasteiger partial charge >= 0.3 is 0 Å². The molecule has 0 radical (unpaired) electrons. The summed E-state index contributed by atoms with van der Waals surface area (Å²) < 4.78 is 0. The van der Waals surface area contributed by atoms with Crippen LogP contribution in [0, 0.1) is 6.92 Å². The molecule has 190 valence electrons. The first-order valence-electron chi connectivity index (χ1n) is 12.1. The van der Waals surface area contributed by atoms with Crippen molar-refractivity contribution in [1.29, 1.82) is 0 Å². The molecular formula is C29H24ClN5O3. The molecule has 1 atom stereocenters. The number of anilines is 3. The number of hydrogen-bond acceptors (Lipinski definition) is 5. The normalized spacial score (nSPS) is 14.7. The zero-order valence-electron chi connectivity index (χ0n) is 20.5. The number of rotatable bonds is 4. The SMILES string of the molecule is Cc1cccc2c(O)cc3c(c12)C(CCl)CN3C(=O)c1ccc2nc(C(=O)Nc3ccc(N)cc3)[nH]c2c1. The maximum absolute atomic E-state index is 13.7. The standard InChI is InChI=1S/C29H24ClN5O3/c1-15-3-2-4-20-24(36)12-23-26(25(15)20)17(13-30)14-35(23)29(38)16-5-10-21-22(11-16)34-27(33-21)28(37)32-19-8-6-18(31)7-9-19/h2-12,17,36H,13-14,31H2,1H3,(H,32,37)(H,33,34). The number of nitrogens with one attached hydrogen (secondary N) is 2. The predicted octanol–water partition coefficient (Wildman–Crippen LogP) is 5.55. The zero-order valence-corrected chi connectivity index (χ0v) is 21.2. The summed E-state index contributed by atoms with van der Waals surface area (Å²) in [6.45, 7) is 2.39. The van der Waals surface area contributed by atoms with E-state index in [0.29, 0.717) is 46.1 Å². The van der Waals surface area contributed by atoms with E-state index in [2.05, 4.69) is 15.3 Å². The third-order valence-corrected chi connectivity index (χ3v) is 7.39. The van der Waals surface area contributed by atoms with Gasteiger partial charge in [-0.2, -0.15) is 0 Å². The third-order valence-electron chi connectivity index (χ3n) is 7.01. The van der Waals surface area contributed by atoms with E-state index in [4.69, 9.17) is 17.3 Å². The van der Waals surface area contributed by atoms with Gasteiger partial charge in [0.05, 0.1) is 16.7 Å². The molecule has 38 heavy (non-hydrogen) atoms. The molecule has 1 aromatic heterocycles. The van der Waals surface area contributed by atoms with Gasteiger partial charge in [-0.3, -0.25) is 9.59 Å². The number of benzene rings is 4. The molecule has 0 spiro atoms. The third kappa shape index (κ3) is 3.90. The van der Waals surface area contributed by atoms with E-state index in [1.807, 2.05) is 25.1 Å². The van der Waals surface area contributed by atoms with Crippen LogP contribution in [0.25, 0.3) is 21.8 Å². The Morgan fingerprint density at radius 1 is 1.16 bits per heavy atom. The number of nitrogens with two attached hydrogens (primary N) is 1. The predicted molar refractivity (Wildman–Crippen MR) is 150 cm³/mol. The average molecular weight is 526 g/mol. The van der Waals surface area contributed by atoms with Gasteiger partial charge in [0.15, 0.2) is 5.82 Å². The van der Waals surface area contributed by atoms with Gasteiger partial charge in [-0.15, -0.1) is 11.6 Å². The number of aromatic hydroxyl groups is 1. The van der Waals surface area contributed by atoms with Crippen LogP contribution in [0.15, 0.2) is 66.7 Å². The number of alkyl halides is 1. The molecule has 1 unspecified atom stereocenters. The smallest absolute Gasteiger partial charge is 0.291 e. The number of aromatic nitrogens is 2. The van der Waals surface area contributed by atoms with Crippen LogP contribution in [0.1, 0.15) is 38.0 Å². The minimum atomic E-state index is -0.407. The molecule has 5 aromatic rings. The number of H-pyrrole nitrogens is 1. The lowest BCUT2D eigenvalue weighted by Gasteiger charge is -2.19. The van der Waals surface area contributed by atoms with Gasteiger partial charge in [-0.05, 0) is 65.9 Å². The number of aryl methyl sites for hydroxylation is 1. The summed E-state index contributed by atoms with van der Waals surface area (Å²) in [7, 11) is 0. The molecule has 4 aromatic carbocycles. The molecule has 0 aliphatic carbocycles. The number of halogens is 1. The summed E-state index contributed by atoms with van der Waals surface area (Å²) in [5.74, 6) is -0.111. The Kier molecular flexibility index (Phi) is 5.69. The van der Waals surface area contributed by atoms with E-state index in [1.165, 1.54) is 0 Å². The highest BCUT2D eigenvalue weighted by Crippen LogP contribution is 2.46. The molecule has 0 saturated carbocycles. The fraction of sp³-hybridized carbons (Fsp3) is 0.138. The molecule has 5 N–H and O–H groups in total. The molecule has 9 heteroatoms. The molecule has 1 aliphatic heterocycles. The second-order valence-corrected chi connectivity index (χ2v) is 9.80. The van der Waals surface area contributed by atoms with Crippen molar-refractivity contribution in [3.8, 4) is 5.75 Å². The molecule has 0 bridgehead atoms. The van der Waals surface area contributed by atoms with Crippen molar-refractivity contribution < 1.29 is 14.7 Å². The van der Waals surface area contributed by atoms with E-state index in [1.54, 1.807) is 53.4 Å². The molecule has 2 amide bonds. The van der Waals surface area contributed by atoms with Crippen LogP contribution in [0.5, 0.6) is 5.75 Å². The van der Waals surface area contributed by atoms with E-state index in [9.17, 15) is 14.7 Å². The second kappa shape index (κ2) is 9.08. The highest BCUT2D eigenvalue weighted by atomic mass is 35.5. The van der Waals surface area contributed by atoms with Gasteiger partial charge in [-0.25, -0.2) is 4.98 Å². The summed E-state index contributed by atoms with van der Waals surface area (Å²) in [6.07, 6.45) is 0. The van der Waals surface area contributed by atoms with Crippen molar-refractivity contribution in [3.05, 3.63) is 89.2 Å². The number of imidazole rings is 1. The largest absolute Gasteiger partial charge is 0.507 e. The first kappa shape index (κ1) is 23.8. The van der Waals surface area contributed by atoms with Crippen LogP contribution >= 0.6 is 11.6 Å². The van der Waals surface area contributed by atoms with Gasteiger partial charge in [0.2, 0.25) is 0 Å². The molecule has 6 rings (SSSR count). The molecule has 8 nitrogen and oxygen atoms in total. The number of nitrogen functional groups attached to an aromatic ring is 1. The number of carbonyl (C=O) groups excluding carboxylic acids is 2. The maximum atomic E-state index is 13.7. The van der Waals surface area contributed by atoms with Crippen molar-refractivity contribution >= 4 is 62.3 Å². The Balaban J connectivity index is 1.33. The minimum absolute atomic E-state index is 0.0701. The molecular weight excluding hydrogens is 502 g/mol. The second-order valence-electron chi connectivity index (χ2n) is 9.49. The first-order chi connectivity index (χ1) is 18.3. The van der Waals surface area contributed by atoms with Crippen molar-refractivity contribution in [1.82, 2.24) is 9.97 Å². The molecule has 2 heterocycles. The monoisotopic (exact) mass is 525 g/mol. The lowest BCUT2D eigenvalue weighted by atomic mass is 9.92. The number of amides is 2. The summed E-state index contributed by atoms with van der Waals surface area (Å²) in [4.78, 5) is 35.5. The lowest BCUT2D eigenvalue weighted by Crippen LogP contribution is -2.30. The van der Waals surface area contributed by atoms with Crippen LogP contribution in [0.3, 0.4) is 0 Å². The number of aromatic amines is 1. The van der Waals surface area contributed by atoms with Gasteiger partial charge in [0.25, 0.3) is 11.8 Å². The lowest BCUT2D eigenvalue weighted by molar-refractivity contribution is 0.0986. The molecule has 0 fully saturated rings. The Hall–Kier alpha value is -4.56. The highest BCUT2D eigenvalue weighted by Gasteiger charge is 2.35. The number of carbonyl (C=O) groups is 2. The van der Waals surface area contributed by atoms with Gasteiger partial charge < -0.3 is 26.0 Å². The zero-order chi connectivity index (χ0) is 26.6. The van der Waals surface area contributed by atoms with Crippen LogP contribution in [-0.4, -0.2) is 39.3 Å². The van der Waals surface area contributed by atoms with E-state index < -0.39 is 5.91 Å². The van der Waals surface area contributed by atoms with Crippen LogP contribution in [0.4, 0.5) is 17.1 Å². The van der Waals surface area contributed by atoms with Crippen molar-refractivity contribution in [2.75, 3.05) is 28.4 Å². The molecule has 1 aliphatic rings. The van der Waals surface area contributed by atoms with Crippen LogP contribution in [0.2, 0.25) is 0 Å². The fourth-order valence-electron chi connectivity index (χ4n) is 5.18. The number of nitrogens with zero attached hydrogens (tertiary/aromatic N) is 2. The topological polar surface area (TPSA) is 124 Å². The van der Waals surface area contributed by atoms with Crippen LogP contribution < -0.4 is 16.0 Å². The summed E-state index contributed by atoms with van der Waals surface area (Å²) in [5.41, 5.74) is 11.1. The minimum Gasteiger partial charge on any atom is -0.507 e. The van der Waals surface area contributed by atoms with Crippen molar-refractivity contribution in [2.45, 2.75) is 12.8 Å². The van der Waals surface area contributed by atoms with E-state index in [0.717, 1.165) is 21.9 Å². The number of hydrogen-bond donors (Lipinski definition) is 4. The van der Waals surface area contributed by atoms with E-state index in [-0.39, 0.29) is 23.4 Å². The molecule has 0 saturated heterocycles. The quantitative estimate of drug-likeness (QED) is 0.181. The Labute approximate surface area is 223 Å². The average Bonchev–Trinajstić information content (AvgIpc) is 3.51. The first-order valence-corrected chi connectivity index (χ1v) is 12.7. The summed E-state index contributed by atoms with van der Waals surface area (Å²) >= 11 is 6.36. The van der Waals surface area contributed by atoms with Crippen LogP contribution in [-0.2, 0) is 0 Å². The van der Waals surface area contributed by atoms with E-state index >= 15 is 0 Å². The van der Waals surface area contributed by atoms with Gasteiger partial charge in [0.1, 0.15) is 5.75 Å². The van der Waals surface area contributed by atoms with Gasteiger partial charge in [-0.1, -0.05) is 18.2 Å². The van der Waals surface area contributed by atoms with Crippen molar-refractivity contribution in [3.63, 3.8) is 0 Å². The fourth-order valence-corrected chi connectivity index (χ4v) is 5.43. The Bertz CT molecular complexity index is 1750. The summed E-state index contributed by atoms with van der Waals surface area (Å²) in [5, 5.41) is 15.2. The maximum Gasteiger partial charge on any atom is 0.291 e. The van der Waals surface area contributed by atoms with Gasteiger partial charge in [0, 0.05) is 46.7 Å². The summed E-state index contributed by atoms with van der Waals surface area (Å²) in [6, 6.07) is 19.3.